The first-order valence-corrected chi connectivity index (χ1v) is 6.88. The van der Waals surface area contributed by atoms with E-state index in [0.29, 0.717) is 16.0 Å². The van der Waals surface area contributed by atoms with Crippen LogP contribution in [0.3, 0.4) is 0 Å². The van der Waals surface area contributed by atoms with Crippen molar-refractivity contribution in [3.05, 3.63) is 63.1 Å². The number of anilines is 1. The maximum absolute atomic E-state index is 12.9. The van der Waals surface area contributed by atoms with Gasteiger partial charge < -0.3 is 5.32 Å². The van der Waals surface area contributed by atoms with Gasteiger partial charge in [-0.05, 0) is 35.9 Å². The molecule has 0 bridgehead atoms. The van der Waals surface area contributed by atoms with Gasteiger partial charge >= 0.3 is 6.18 Å². The third-order valence-corrected chi connectivity index (χ3v) is 3.43. The van der Waals surface area contributed by atoms with Crippen LogP contribution in [0.1, 0.15) is 11.1 Å². The highest BCUT2D eigenvalue weighted by Gasteiger charge is 2.33. The summed E-state index contributed by atoms with van der Waals surface area (Å²) in [5.41, 5.74) is 0.210. The molecule has 0 unspecified atom stereocenters. The molecule has 0 heterocycles. The van der Waals surface area contributed by atoms with Crippen LogP contribution in [0.25, 0.3) is 0 Å². The Kier molecular flexibility index (Phi) is 4.60. The van der Waals surface area contributed by atoms with E-state index in [0.717, 1.165) is 11.6 Å². The van der Waals surface area contributed by atoms with E-state index >= 15 is 0 Å². The van der Waals surface area contributed by atoms with Gasteiger partial charge in [-0.15, -0.1) is 0 Å². The van der Waals surface area contributed by atoms with Crippen LogP contribution in [0.2, 0.25) is 5.02 Å². The first-order valence-electron chi connectivity index (χ1n) is 5.71. The van der Waals surface area contributed by atoms with E-state index in [1.54, 1.807) is 30.3 Å². The van der Waals surface area contributed by atoms with Crippen LogP contribution in [0.5, 0.6) is 0 Å². The molecule has 2 rings (SSSR count). The van der Waals surface area contributed by atoms with E-state index < -0.39 is 11.7 Å². The molecule has 0 saturated heterocycles. The summed E-state index contributed by atoms with van der Waals surface area (Å²) >= 11 is 8.81. The van der Waals surface area contributed by atoms with Crippen molar-refractivity contribution >= 4 is 33.2 Å². The summed E-state index contributed by atoms with van der Waals surface area (Å²) in [7, 11) is 0. The van der Waals surface area contributed by atoms with Gasteiger partial charge in [0.25, 0.3) is 0 Å². The maximum Gasteiger partial charge on any atom is 0.418 e. The van der Waals surface area contributed by atoms with Crippen molar-refractivity contribution in [2.24, 2.45) is 0 Å². The van der Waals surface area contributed by atoms with Crippen LogP contribution in [0, 0.1) is 0 Å². The number of nitrogens with one attached hydrogen (secondary N) is 1. The minimum Gasteiger partial charge on any atom is -0.380 e. The average Bonchev–Trinajstić information content (AvgIpc) is 2.38. The number of halogens is 5. The Morgan fingerprint density at radius 2 is 1.70 bits per heavy atom. The van der Waals surface area contributed by atoms with Crippen LogP contribution in [0.15, 0.2) is 46.9 Å². The lowest BCUT2D eigenvalue weighted by molar-refractivity contribution is -0.137. The van der Waals surface area contributed by atoms with E-state index in [2.05, 4.69) is 21.2 Å². The number of hydrogen-bond acceptors (Lipinski definition) is 1. The smallest absolute Gasteiger partial charge is 0.380 e. The summed E-state index contributed by atoms with van der Waals surface area (Å²) in [5.74, 6) is 0. The van der Waals surface area contributed by atoms with Gasteiger partial charge in [0.2, 0.25) is 0 Å². The van der Waals surface area contributed by atoms with E-state index in [-0.39, 0.29) is 5.69 Å². The highest BCUT2D eigenvalue weighted by Crippen LogP contribution is 2.36. The van der Waals surface area contributed by atoms with Crippen LogP contribution in [-0.4, -0.2) is 0 Å². The fourth-order valence-electron chi connectivity index (χ4n) is 1.70. The van der Waals surface area contributed by atoms with Crippen LogP contribution >= 0.6 is 27.5 Å². The summed E-state index contributed by atoms with van der Waals surface area (Å²) in [6, 6.07) is 11.0. The first-order chi connectivity index (χ1) is 9.36. The molecule has 0 atom stereocenters. The minimum atomic E-state index is -4.40. The van der Waals surface area contributed by atoms with Gasteiger partial charge in [0.05, 0.1) is 5.56 Å². The topological polar surface area (TPSA) is 12.0 Å². The van der Waals surface area contributed by atoms with E-state index in [1.807, 2.05) is 0 Å². The molecule has 2 aromatic carbocycles. The molecule has 1 N–H and O–H groups in total. The van der Waals surface area contributed by atoms with Crippen molar-refractivity contribution in [2.75, 3.05) is 5.32 Å². The molecule has 0 radical (unpaired) electrons. The third-order valence-electron chi connectivity index (χ3n) is 2.68. The highest BCUT2D eigenvalue weighted by atomic mass is 79.9. The maximum atomic E-state index is 12.9. The van der Waals surface area contributed by atoms with Gasteiger partial charge in [0.15, 0.2) is 0 Å². The molecule has 0 aromatic heterocycles. The Morgan fingerprint density at radius 3 is 2.30 bits per heavy atom. The lowest BCUT2D eigenvalue weighted by Crippen LogP contribution is -2.10. The van der Waals surface area contributed by atoms with Crippen molar-refractivity contribution < 1.29 is 13.2 Å². The predicted molar refractivity (Wildman–Crippen MR) is 77.9 cm³/mol. The zero-order valence-electron chi connectivity index (χ0n) is 10.1. The average molecular weight is 365 g/mol. The molecule has 6 heteroatoms. The molecular weight excluding hydrogens is 355 g/mol. The fourth-order valence-corrected chi connectivity index (χ4v) is 2.19. The molecule has 106 valence electrons. The largest absolute Gasteiger partial charge is 0.418 e. The van der Waals surface area contributed by atoms with Crippen molar-refractivity contribution in [3.63, 3.8) is 0 Å². The predicted octanol–water partition coefficient (Wildman–Crippen LogP) is 5.73. The zero-order chi connectivity index (χ0) is 14.8. The Hall–Kier alpha value is -1.20. The Labute approximate surface area is 127 Å². The minimum absolute atomic E-state index is 0.0515. The van der Waals surface area contributed by atoms with E-state index in [4.69, 9.17) is 11.6 Å². The first kappa shape index (κ1) is 15.2. The summed E-state index contributed by atoms with van der Waals surface area (Å²) in [6.45, 7) is 0.294. The van der Waals surface area contributed by atoms with E-state index in [9.17, 15) is 13.2 Å². The SMILES string of the molecule is FC(F)(F)c1cc(Br)ccc1NCc1ccc(Cl)cc1. The quantitative estimate of drug-likeness (QED) is 0.733. The zero-order valence-corrected chi connectivity index (χ0v) is 12.5. The van der Waals surface area contributed by atoms with Crippen molar-refractivity contribution in [1.82, 2.24) is 0 Å². The van der Waals surface area contributed by atoms with E-state index in [1.165, 1.54) is 6.07 Å². The normalized spacial score (nSPS) is 11.4. The second kappa shape index (κ2) is 6.06. The molecule has 0 amide bonds. The number of alkyl halides is 3. The summed E-state index contributed by atoms with van der Waals surface area (Å²) in [6.07, 6.45) is -4.40. The Morgan fingerprint density at radius 1 is 1.05 bits per heavy atom. The molecular formula is C14H10BrClF3N. The third kappa shape index (κ3) is 3.90. The van der Waals surface area contributed by atoms with Crippen molar-refractivity contribution in [3.8, 4) is 0 Å². The highest BCUT2D eigenvalue weighted by molar-refractivity contribution is 9.10. The van der Waals surface area contributed by atoms with Crippen LogP contribution in [0.4, 0.5) is 18.9 Å². The van der Waals surface area contributed by atoms with Crippen LogP contribution < -0.4 is 5.32 Å². The number of hydrogen-bond donors (Lipinski definition) is 1. The van der Waals surface area contributed by atoms with Gasteiger partial charge in [0, 0.05) is 21.7 Å². The molecule has 20 heavy (non-hydrogen) atoms. The molecule has 0 aliphatic heterocycles. The molecule has 1 nitrogen and oxygen atoms in total. The molecule has 0 saturated carbocycles. The van der Waals surface area contributed by atoms with Crippen molar-refractivity contribution in [1.29, 1.82) is 0 Å². The second-order valence-electron chi connectivity index (χ2n) is 4.17. The summed E-state index contributed by atoms with van der Waals surface area (Å²) in [5, 5.41) is 3.39. The Bertz CT molecular complexity index is 596. The van der Waals surface area contributed by atoms with Gasteiger partial charge in [0.1, 0.15) is 0 Å². The lowest BCUT2D eigenvalue weighted by atomic mass is 10.1. The number of rotatable bonds is 3. The Balaban J connectivity index is 2.19. The molecule has 0 aliphatic rings. The standard InChI is InChI=1S/C14H10BrClF3N/c15-10-3-6-13(12(7-10)14(17,18)19)20-8-9-1-4-11(16)5-2-9/h1-7,20H,8H2. The van der Waals surface area contributed by atoms with Gasteiger partial charge in [-0.3, -0.25) is 0 Å². The monoisotopic (exact) mass is 363 g/mol. The van der Waals surface area contributed by atoms with Crippen LogP contribution in [-0.2, 0) is 12.7 Å². The van der Waals surface area contributed by atoms with Gasteiger partial charge in [-0.25, -0.2) is 0 Å². The molecule has 2 aromatic rings. The van der Waals surface area contributed by atoms with Gasteiger partial charge in [-0.2, -0.15) is 13.2 Å². The second-order valence-corrected chi connectivity index (χ2v) is 5.52. The lowest BCUT2D eigenvalue weighted by Gasteiger charge is -2.15. The summed E-state index contributed by atoms with van der Waals surface area (Å²) in [4.78, 5) is 0. The fraction of sp³-hybridized carbons (Fsp3) is 0.143. The number of benzene rings is 2. The summed E-state index contributed by atoms with van der Waals surface area (Å²) < 4.78 is 39.2. The molecule has 0 fully saturated rings. The van der Waals surface area contributed by atoms with Gasteiger partial charge in [-0.1, -0.05) is 39.7 Å². The molecule has 0 spiro atoms. The molecule has 0 aliphatic carbocycles. The van der Waals surface area contributed by atoms with Crippen molar-refractivity contribution in [2.45, 2.75) is 12.7 Å².